The summed E-state index contributed by atoms with van der Waals surface area (Å²) in [6.07, 6.45) is 6.59. The summed E-state index contributed by atoms with van der Waals surface area (Å²) in [7, 11) is 0. The highest BCUT2D eigenvalue weighted by Crippen LogP contribution is 2.60. The van der Waals surface area contributed by atoms with Crippen molar-refractivity contribution in [1.82, 2.24) is 0 Å². The van der Waals surface area contributed by atoms with Crippen molar-refractivity contribution >= 4 is 11.8 Å². The van der Waals surface area contributed by atoms with Crippen molar-refractivity contribution in [1.29, 1.82) is 0 Å². The van der Waals surface area contributed by atoms with Gasteiger partial charge in [0.05, 0.1) is 5.41 Å². The van der Waals surface area contributed by atoms with E-state index in [0.717, 1.165) is 19.3 Å². The Kier molecular flexibility index (Phi) is 3.51. The van der Waals surface area contributed by atoms with Gasteiger partial charge in [-0.15, -0.1) is 0 Å². The molecule has 3 nitrogen and oxygen atoms in total. The maximum Gasteiger partial charge on any atom is 0.312 e. The Morgan fingerprint density at radius 2 is 1.52 bits per heavy atom. The Balaban J connectivity index is 1.40. The van der Waals surface area contributed by atoms with Crippen molar-refractivity contribution in [2.75, 3.05) is 6.61 Å². The van der Waals surface area contributed by atoms with Crippen molar-refractivity contribution in [2.45, 2.75) is 38.5 Å². The van der Waals surface area contributed by atoms with Gasteiger partial charge in [0.2, 0.25) is 0 Å². The average Bonchev–Trinajstić information content (AvgIpc) is 2.51. The van der Waals surface area contributed by atoms with E-state index in [1.807, 2.05) is 0 Å². The lowest BCUT2D eigenvalue weighted by Crippen LogP contribution is -2.50. The Hall–Kier alpha value is -1.71. The Morgan fingerprint density at radius 3 is 2.04 bits per heavy atom. The molecule has 4 saturated carbocycles. The number of ether oxygens (including phenoxy) is 1. The fourth-order valence-corrected chi connectivity index (χ4v) is 5.36. The van der Waals surface area contributed by atoms with Gasteiger partial charge in [-0.2, -0.15) is 0 Å². The number of benzene rings is 1. The first-order valence-corrected chi connectivity index (χ1v) is 8.50. The van der Waals surface area contributed by atoms with Gasteiger partial charge in [0.1, 0.15) is 5.82 Å². The molecule has 23 heavy (non-hydrogen) atoms. The molecular weight excluding hydrogens is 295 g/mol. The van der Waals surface area contributed by atoms with Crippen molar-refractivity contribution in [3.05, 3.63) is 35.6 Å². The van der Waals surface area contributed by atoms with Crippen LogP contribution < -0.4 is 0 Å². The smallest absolute Gasteiger partial charge is 0.312 e. The topological polar surface area (TPSA) is 43.4 Å². The summed E-state index contributed by atoms with van der Waals surface area (Å²) in [4.78, 5) is 24.7. The van der Waals surface area contributed by atoms with Crippen LogP contribution in [0.2, 0.25) is 0 Å². The zero-order valence-corrected chi connectivity index (χ0v) is 13.1. The Labute approximate surface area is 135 Å². The maximum atomic E-state index is 12.9. The van der Waals surface area contributed by atoms with Crippen LogP contribution in [0.1, 0.15) is 48.9 Å². The molecule has 122 valence electrons. The van der Waals surface area contributed by atoms with Crippen LogP contribution >= 0.6 is 0 Å². The molecule has 0 heterocycles. The minimum atomic E-state index is -0.382. The quantitative estimate of drug-likeness (QED) is 0.627. The minimum Gasteiger partial charge on any atom is -0.457 e. The van der Waals surface area contributed by atoms with Crippen molar-refractivity contribution in [3.63, 3.8) is 0 Å². The van der Waals surface area contributed by atoms with Crippen LogP contribution in [0.5, 0.6) is 0 Å². The summed E-state index contributed by atoms with van der Waals surface area (Å²) in [5.74, 6) is 1.16. The summed E-state index contributed by atoms with van der Waals surface area (Å²) in [5, 5.41) is 0. The van der Waals surface area contributed by atoms with E-state index < -0.39 is 0 Å². The van der Waals surface area contributed by atoms with Crippen LogP contribution in [0.4, 0.5) is 4.39 Å². The first-order valence-electron chi connectivity index (χ1n) is 8.50. The van der Waals surface area contributed by atoms with Gasteiger partial charge in [-0.25, -0.2) is 4.39 Å². The molecule has 4 aliphatic carbocycles. The number of rotatable bonds is 4. The molecule has 0 atom stereocenters. The van der Waals surface area contributed by atoms with Crippen LogP contribution in [0.15, 0.2) is 24.3 Å². The van der Waals surface area contributed by atoms with Crippen molar-refractivity contribution < 1.29 is 18.7 Å². The first kappa shape index (κ1) is 14.9. The summed E-state index contributed by atoms with van der Waals surface area (Å²) >= 11 is 0. The number of hydrogen-bond acceptors (Lipinski definition) is 3. The maximum absolute atomic E-state index is 12.9. The van der Waals surface area contributed by atoms with E-state index in [1.165, 1.54) is 43.5 Å². The molecule has 0 saturated heterocycles. The van der Waals surface area contributed by atoms with Crippen molar-refractivity contribution in [3.8, 4) is 0 Å². The highest BCUT2D eigenvalue weighted by molar-refractivity contribution is 5.98. The average molecular weight is 316 g/mol. The summed E-state index contributed by atoms with van der Waals surface area (Å²) < 4.78 is 18.3. The third kappa shape index (κ3) is 2.68. The molecule has 0 radical (unpaired) electrons. The molecule has 4 bridgehead atoms. The molecule has 5 rings (SSSR count). The van der Waals surface area contributed by atoms with Gasteiger partial charge >= 0.3 is 5.97 Å². The molecule has 0 spiro atoms. The number of ketones is 1. The van der Waals surface area contributed by atoms with E-state index >= 15 is 0 Å². The normalized spacial score (nSPS) is 34.4. The van der Waals surface area contributed by atoms with Crippen LogP contribution in [-0.2, 0) is 9.53 Å². The number of carbonyl (C=O) groups is 2. The summed E-state index contributed by atoms with van der Waals surface area (Å²) in [6.45, 7) is -0.244. The lowest BCUT2D eigenvalue weighted by Gasteiger charge is -2.55. The molecule has 0 amide bonds. The van der Waals surface area contributed by atoms with Gasteiger partial charge in [-0.05, 0) is 80.5 Å². The van der Waals surface area contributed by atoms with Gasteiger partial charge in [0.25, 0.3) is 0 Å². The van der Waals surface area contributed by atoms with E-state index in [-0.39, 0.29) is 29.6 Å². The van der Waals surface area contributed by atoms with E-state index in [1.54, 1.807) is 0 Å². The van der Waals surface area contributed by atoms with E-state index in [4.69, 9.17) is 4.74 Å². The van der Waals surface area contributed by atoms with Gasteiger partial charge in [-0.3, -0.25) is 9.59 Å². The zero-order valence-electron chi connectivity index (χ0n) is 13.1. The van der Waals surface area contributed by atoms with Crippen LogP contribution in [0, 0.1) is 29.0 Å². The van der Waals surface area contributed by atoms with Gasteiger partial charge in [0, 0.05) is 5.56 Å². The number of halogens is 1. The number of hydrogen-bond donors (Lipinski definition) is 0. The van der Waals surface area contributed by atoms with Gasteiger partial charge in [0.15, 0.2) is 12.4 Å². The standard InChI is InChI=1S/C19H21FO3/c20-16-3-1-15(2-4-16)17(21)11-23-18(22)19-8-12-5-13(9-19)7-14(6-12)10-19/h1-4,12-14H,5-11H2. The second-order valence-electron chi connectivity index (χ2n) is 7.70. The molecule has 4 aliphatic rings. The van der Waals surface area contributed by atoms with Gasteiger partial charge < -0.3 is 4.74 Å². The minimum absolute atomic E-state index is 0.188. The fraction of sp³-hybridized carbons (Fsp3) is 0.579. The monoisotopic (exact) mass is 316 g/mol. The Morgan fingerprint density at radius 1 is 1.00 bits per heavy atom. The predicted octanol–water partition coefficient (Wildman–Crippen LogP) is 3.77. The van der Waals surface area contributed by atoms with E-state index in [2.05, 4.69) is 0 Å². The summed E-state index contributed by atoms with van der Waals surface area (Å²) in [5.41, 5.74) is 0.0439. The fourth-order valence-electron chi connectivity index (χ4n) is 5.36. The molecule has 4 fully saturated rings. The van der Waals surface area contributed by atoms with Crippen molar-refractivity contribution in [2.24, 2.45) is 23.2 Å². The van der Waals surface area contributed by atoms with Crippen LogP contribution in [0.3, 0.4) is 0 Å². The second-order valence-corrected chi connectivity index (χ2v) is 7.70. The molecule has 0 unspecified atom stereocenters. The molecule has 0 N–H and O–H groups in total. The van der Waals surface area contributed by atoms with Crippen LogP contribution in [-0.4, -0.2) is 18.4 Å². The third-order valence-electron chi connectivity index (χ3n) is 5.97. The van der Waals surface area contributed by atoms with E-state index in [0.29, 0.717) is 23.3 Å². The molecule has 1 aromatic carbocycles. The molecule has 4 heteroatoms. The number of esters is 1. The molecule has 0 aromatic heterocycles. The summed E-state index contributed by atoms with van der Waals surface area (Å²) in [6, 6.07) is 5.34. The SMILES string of the molecule is O=C(COC(=O)C12CC3CC(CC(C3)C1)C2)c1ccc(F)cc1. The second kappa shape index (κ2) is 5.43. The molecule has 0 aliphatic heterocycles. The highest BCUT2D eigenvalue weighted by Gasteiger charge is 2.55. The lowest BCUT2D eigenvalue weighted by molar-refractivity contribution is -0.170. The van der Waals surface area contributed by atoms with Gasteiger partial charge in [-0.1, -0.05) is 0 Å². The Bertz CT molecular complexity index is 599. The third-order valence-corrected chi connectivity index (χ3v) is 5.97. The predicted molar refractivity (Wildman–Crippen MR) is 82.3 cm³/mol. The molecular formula is C19H21FO3. The number of Topliss-reactive ketones (excluding diaryl/α,β-unsaturated/α-hetero) is 1. The van der Waals surface area contributed by atoms with E-state index in [9.17, 15) is 14.0 Å². The lowest BCUT2D eigenvalue weighted by atomic mass is 9.49. The molecule has 1 aromatic rings. The highest BCUT2D eigenvalue weighted by atomic mass is 19.1. The zero-order chi connectivity index (χ0) is 16.0. The number of carbonyl (C=O) groups excluding carboxylic acids is 2. The van der Waals surface area contributed by atoms with Crippen LogP contribution in [0.25, 0.3) is 0 Å². The first-order chi connectivity index (χ1) is 11.0. The largest absolute Gasteiger partial charge is 0.457 e.